The van der Waals surface area contributed by atoms with Gasteiger partial charge in [0.15, 0.2) is 11.9 Å². The molecule has 2 aliphatic heterocycles. The molecule has 11 nitrogen and oxygen atoms in total. The van der Waals surface area contributed by atoms with Crippen LogP contribution in [0.4, 0.5) is 16.3 Å². The Morgan fingerprint density at radius 3 is 2.29 bits per heavy atom. The second kappa shape index (κ2) is 12.5. The van der Waals surface area contributed by atoms with Crippen molar-refractivity contribution in [3.63, 3.8) is 0 Å². The van der Waals surface area contributed by atoms with Crippen LogP contribution < -0.4 is 10.2 Å². The SMILES string of the molecule is CCOC(=O)n1nc(NC(=O)c2ccc(N3CCN(CC)CC3)cc2)c2c1CN(C(=O)[C@H](OC)c1ccccc1)C2. The zero-order valence-corrected chi connectivity index (χ0v) is 23.7. The number of likely N-dealkylation sites (N-methyl/N-ethyl adjacent to an activating group) is 1. The molecule has 2 amide bonds. The number of rotatable bonds is 8. The van der Waals surface area contributed by atoms with Crippen molar-refractivity contribution in [3.8, 4) is 0 Å². The number of aromatic nitrogens is 2. The molecule has 0 spiro atoms. The molecule has 2 aromatic carbocycles. The number of anilines is 2. The van der Waals surface area contributed by atoms with Gasteiger partial charge in [-0.2, -0.15) is 4.68 Å². The highest BCUT2D eigenvalue weighted by Gasteiger charge is 2.36. The van der Waals surface area contributed by atoms with Crippen LogP contribution in [-0.4, -0.2) is 83.9 Å². The number of amides is 2. The van der Waals surface area contributed by atoms with E-state index in [9.17, 15) is 14.4 Å². The van der Waals surface area contributed by atoms with Crippen LogP contribution in [0.25, 0.3) is 0 Å². The van der Waals surface area contributed by atoms with Crippen LogP contribution in [0.1, 0.15) is 47.1 Å². The summed E-state index contributed by atoms with van der Waals surface area (Å²) >= 11 is 0. The number of carbonyl (C=O) groups is 3. The van der Waals surface area contributed by atoms with Crippen molar-refractivity contribution in [2.24, 2.45) is 0 Å². The van der Waals surface area contributed by atoms with Gasteiger partial charge in [-0.1, -0.05) is 37.3 Å². The van der Waals surface area contributed by atoms with E-state index in [0.717, 1.165) is 48.7 Å². The van der Waals surface area contributed by atoms with Gasteiger partial charge in [-0.05, 0) is 43.3 Å². The first-order valence-corrected chi connectivity index (χ1v) is 14.0. The molecule has 5 rings (SSSR count). The van der Waals surface area contributed by atoms with E-state index < -0.39 is 12.2 Å². The fourth-order valence-corrected chi connectivity index (χ4v) is 5.33. The number of carbonyl (C=O) groups excluding carboxylic acids is 3. The lowest BCUT2D eigenvalue weighted by molar-refractivity contribution is -0.143. The first kappa shape index (κ1) is 28.3. The number of nitrogens with one attached hydrogen (secondary N) is 1. The highest BCUT2D eigenvalue weighted by Crippen LogP contribution is 2.32. The van der Waals surface area contributed by atoms with E-state index in [-0.39, 0.29) is 37.3 Å². The third-order valence-corrected chi connectivity index (χ3v) is 7.64. The summed E-state index contributed by atoms with van der Waals surface area (Å²) in [5.41, 5.74) is 3.36. The Morgan fingerprint density at radius 2 is 1.66 bits per heavy atom. The van der Waals surface area contributed by atoms with Crippen molar-refractivity contribution in [2.45, 2.75) is 33.0 Å². The van der Waals surface area contributed by atoms with Crippen LogP contribution in [0.2, 0.25) is 0 Å². The summed E-state index contributed by atoms with van der Waals surface area (Å²) in [6.45, 7) is 9.31. The second-order valence-electron chi connectivity index (χ2n) is 10.0. The van der Waals surface area contributed by atoms with Crippen LogP contribution in [0.3, 0.4) is 0 Å². The maximum atomic E-state index is 13.5. The van der Waals surface area contributed by atoms with Gasteiger partial charge in [0.05, 0.1) is 25.4 Å². The molecule has 216 valence electrons. The van der Waals surface area contributed by atoms with Crippen LogP contribution in [0.15, 0.2) is 54.6 Å². The maximum absolute atomic E-state index is 13.5. The number of fused-ring (bicyclic) bond motifs is 1. The molecule has 11 heteroatoms. The molecule has 0 bridgehead atoms. The molecule has 1 aromatic heterocycles. The fraction of sp³-hybridized carbons (Fsp3) is 0.400. The Kier molecular flexibility index (Phi) is 8.65. The van der Waals surface area contributed by atoms with Gasteiger partial charge >= 0.3 is 6.09 Å². The number of hydrogen-bond acceptors (Lipinski definition) is 8. The largest absolute Gasteiger partial charge is 0.448 e. The Bertz CT molecular complexity index is 1380. The van der Waals surface area contributed by atoms with Crippen LogP contribution in [-0.2, 0) is 27.4 Å². The average Bonchev–Trinajstić information content (AvgIpc) is 3.59. The highest BCUT2D eigenvalue weighted by molar-refractivity contribution is 6.04. The standard InChI is InChI=1S/C30H36N6O5/c1-4-33-15-17-34(18-16-33)23-13-11-22(12-14-23)28(37)31-27-24-19-35(20-25(24)36(32-27)30(39)41-5-2)29(38)26(40-3)21-9-7-6-8-10-21/h6-14,26H,4-5,15-20H2,1-3H3,(H,31,32,37)/t26-/m1/s1. The third kappa shape index (κ3) is 5.96. The van der Waals surface area contributed by atoms with Gasteiger partial charge in [0.2, 0.25) is 0 Å². The van der Waals surface area contributed by atoms with Crippen molar-refractivity contribution in [2.75, 3.05) is 56.7 Å². The Hall–Kier alpha value is -4.22. The number of benzene rings is 2. The lowest BCUT2D eigenvalue weighted by Crippen LogP contribution is -2.46. The van der Waals surface area contributed by atoms with E-state index in [1.165, 1.54) is 7.11 Å². The van der Waals surface area contributed by atoms with E-state index in [0.29, 0.717) is 16.8 Å². The van der Waals surface area contributed by atoms with Gasteiger partial charge in [0.1, 0.15) is 0 Å². The summed E-state index contributed by atoms with van der Waals surface area (Å²) in [5.74, 6) is -0.382. The molecule has 0 unspecified atom stereocenters. The van der Waals surface area contributed by atoms with Gasteiger partial charge in [-0.15, -0.1) is 5.10 Å². The van der Waals surface area contributed by atoms with Crippen LogP contribution >= 0.6 is 0 Å². The molecule has 0 aliphatic carbocycles. The van der Waals surface area contributed by atoms with E-state index in [1.807, 2.05) is 42.5 Å². The number of hydrogen-bond donors (Lipinski definition) is 1. The lowest BCUT2D eigenvalue weighted by atomic mass is 10.1. The van der Waals surface area contributed by atoms with Crippen molar-refractivity contribution < 1.29 is 23.9 Å². The Labute approximate surface area is 239 Å². The first-order valence-electron chi connectivity index (χ1n) is 14.0. The van der Waals surface area contributed by atoms with Crippen LogP contribution in [0, 0.1) is 0 Å². The minimum absolute atomic E-state index is 0.128. The minimum Gasteiger partial charge on any atom is -0.448 e. The maximum Gasteiger partial charge on any atom is 0.435 e. The third-order valence-electron chi connectivity index (χ3n) is 7.64. The minimum atomic E-state index is -0.800. The van der Waals surface area contributed by atoms with Gasteiger partial charge in [-0.3, -0.25) is 9.59 Å². The van der Waals surface area contributed by atoms with Gasteiger partial charge in [-0.25, -0.2) is 4.79 Å². The van der Waals surface area contributed by atoms with E-state index in [4.69, 9.17) is 9.47 Å². The first-order chi connectivity index (χ1) is 19.9. The fourth-order valence-electron chi connectivity index (χ4n) is 5.33. The molecular weight excluding hydrogens is 524 g/mol. The number of ether oxygens (including phenoxy) is 2. The Balaban J connectivity index is 1.33. The molecule has 2 aliphatic rings. The summed E-state index contributed by atoms with van der Waals surface area (Å²) < 4.78 is 11.9. The van der Waals surface area contributed by atoms with Gasteiger partial charge in [0, 0.05) is 50.1 Å². The number of piperazine rings is 1. The molecule has 1 fully saturated rings. The van der Waals surface area contributed by atoms with Crippen molar-refractivity contribution in [1.82, 2.24) is 19.6 Å². The molecular formula is C30H36N6O5. The quantitative estimate of drug-likeness (QED) is 0.446. The molecule has 3 aromatic rings. The smallest absolute Gasteiger partial charge is 0.435 e. The van der Waals surface area contributed by atoms with E-state index in [1.54, 1.807) is 24.0 Å². The molecule has 0 saturated carbocycles. The van der Waals surface area contributed by atoms with E-state index >= 15 is 0 Å². The predicted octanol–water partition coefficient (Wildman–Crippen LogP) is 3.51. The summed E-state index contributed by atoms with van der Waals surface area (Å²) in [4.78, 5) is 45.7. The molecule has 3 heterocycles. The van der Waals surface area contributed by atoms with E-state index in [2.05, 4.69) is 27.1 Å². The van der Waals surface area contributed by atoms with Gasteiger partial charge < -0.3 is 29.5 Å². The molecule has 1 N–H and O–H groups in total. The summed E-state index contributed by atoms with van der Waals surface area (Å²) in [6, 6.07) is 16.7. The predicted molar refractivity (Wildman–Crippen MR) is 154 cm³/mol. The second-order valence-corrected chi connectivity index (χ2v) is 10.0. The summed E-state index contributed by atoms with van der Waals surface area (Å²) in [6.07, 6.45) is -1.47. The number of nitrogens with zero attached hydrogens (tertiary/aromatic N) is 5. The van der Waals surface area contributed by atoms with Crippen LogP contribution in [0.5, 0.6) is 0 Å². The van der Waals surface area contributed by atoms with Gasteiger partial charge in [0.25, 0.3) is 11.8 Å². The normalized spacial score (nSPS) is 15.9. The van der Waals surface area contributed by atoms with Crippen molar-refractivity contribution in [1.29, 1.82) is 0 Å². The monoisotopic (exact) mass is 560 g/mol. The highest BCUT2D eigenvalue weighted by atomic mass is 16.6. The van der Waals surface area contributed by atoms with Crippen molar-refractivity contribution in [3.05, 3.63) is 77.0 Å². The average molecular weight is 561 g/mol. The summed E-state index contributed by atoms with van der Waals surface area (Å²) in [5, 5.41) is 7.22. The zero-order valence-electron chi connectivity index (χ0n) is 23.7. The lowest BCUT2D eigenvalue weighted by Gasteiger charge is -2.35. The van der Waals surface area contributed by atoms with Crippen molar-refractivity contribution >= 4 is 29.4 Å². The molecule has 1 saturated heterocycles. The molecule has 1 atom stereocenters. The Morgan fingerprint density at radius 1 is 0.951 bits per heavy atom. The zero-order chi connectivity index (χ0) is 28.9. The number of methoxy groups -OCH3 is 1. The molecule has 0 radical (unpaired) electrons. The topological polar surface area (TPSA) is 109 Å². The molecule has 41 heavy (non-hydrogen) atoms. The summed E-state index contributed by atoms with van der Waals surface area (Å²) in [7, 11) is 1.49.